The molecule has 5 nitrogen and oxygen atoms in total. The SMILES string of the molecule is CCCN(CCC)S(=O)(=O)c1ccc(C(=O)NC(C)c2ccccc2)cc1. The van der Waals surface area contributed by atoms with E-state index in [-0.39, 0.29) is 16.8 Å². The lowest BCUT2D eigenvalue weighted by atomic mass is 10.1. The van der Waals surface area contributed by atoms with Crippen molar-refractivity contribution in [3.63, 3.8) is 0 Å². The summed E-state index contributed by atoms with van der Waals surface area (Å²) < 4.78 is 27.1. The van der Waals surface area contributed by atoms with E-state index in [1.54, 1.807) is 12.1 Å². The molecular formula is C21H28N2O3S. The molecule has 0 aliphatic rings. The third-order valence-corrected chi connectivity index (χ3v) is 6.26. The molecule has 1 unspecified atom stereocenters. The Morgan fingerprint density at radius 3 is 2.04 bits per heavy atom. The highest BCUT2D eigenvalue weighted by Gasteiger charge is 2.23. The van der Waals surface area contributed by atoms with Gasteiger partial charge in [0.15, 0.2) is 0 Å². The van der Waals surface area contributed by atoms with E-state index in [1.165, 1.54) is 16.4 Å². The highest BCUT2D eigenvalue weighted by Crippen LogP contribution is 2.18. The molecule has 2 aromatic carbocycles. The Morgan fingerprint density at radius 1 is 0.963 bits per heavy atom. The van der Waals surface area contributed by atoms with Crippen molar-refractivity contribution in [2.45, 2.75) is 44.6 Å². The molecule has 0 saturated carbocycles. The summed E-state index contributed by atoms with van der Waals surface area (Å²) in [5, 5.41) is 2.94. The van der Waals surface area contributed by atoms with Crippen molar-refractivity contribution in [1.82, 2.24) is 9.62 Å². The van der Waals surface area contributed by atoms with Crippen molar-refractivity contribution >= 4 is 15.9 Å². The zero-order valence-corrected chi connectivity index (χ0v) is 17.0. The number of rotatable bonds is 9. The Kier molecular flexibility index (Phi) is 7.56. The van der Waals surface area contributed by atoms with E-state index in [1.807, 2.05) is 51.1 Å². The molecule has 0 heterocycles. The molecule has 1 amide bonds. The molecule has 0 radical (unpaired) electrons. The number of carbonyl (C=O) groups is 1. The largest absolute Gasteiger partial charge is 0.346 e. The fourth-order valence-electron chi connectivity index (χ4n) is 2.88. The van der Waals surface area contributed by atoms with Gasteiger partial charge in [0.25, 0.3) is 5.91 Å². The molecule has 1 atom stereocenters. The Hall–Kier alpha value is -2.18. The molecule has 0 aromatic heterocycles. The van der Waals surface area contributed by atoms with E-state index in [9.17, 15) is 13.2 Å². The maximum Gasteiger partial charge on any atom is 0.251 e. The maximum absolute atomic E-state index is 12.8. The topological polar surface area (TPSA) is 66.5 Å². The van der Waals surface area contributed by atoms with Crippen LogP contribution in [0.5, 0.6) is 0 Å². The minimum absolute atomic E-state index is 0.133. The summed E-state index contributed by atoms with van der Waals surface area (Å²) in [5.74, 6) is -0.228. The minimum Gasteiger partial charge on any atom is -0.346 e. The van der Waals surface area contributed by atoms with Gasteiger partial charge in [-0.2, -0.15) is 4.31 Å². The quantitative estimate of drug-likeness (QED) is 0.706. The molecule has 6 heteroatoms. The molecule has 0 saturated heterocycles. The van der Waals surface area contributed by atoms with Gasteiger partial charge in [-0.25, -0.2) is 8.42 Å². The second-order valence-electron chi connectivity index (χ2n) is 6.53. The first-order valence-corrected chi connectivity index (χ1v) is 10.8. The molecule has 2 aromatic rings. The molecule has 1 N–H and O–H groups in total. The summed E-state index contributed by atoms with van der Waals surface area (Å²) >= 11 is 0. The van der Waals surface area contributed by atoms with Crippen molar-refractivity contribution in [3.8, 4) is 0 Å². The van der Waals surface area contributed by atoms with Gasteiger partial charge >= 0.3 is 0 Å². The van der Waals surface area contributed by atoms with E-state index < -0.39 is 10.0 Å². The molecular weight excluding hydrogens is 360 g/mol. The fourth-order valence-corrected chi connectivity index (χ4v) is 4.51. The van der Waals surface area contributed by atoms with Gasteiger partial charge in [-0.05, 0) is 49.6 Å². The summed E-state index contributed by atoms with van der Waals surface area (Å²) in [5.41, 5.74) is 1.45. The van der Waals surface area contributed by atoms with Gasteiger partial charge in [-0.15, -0.1) is 0 Å². The number of sulfonamides is 1. The van der Waals surface area contributed by atoms with Crippen LogP contribution in [0, 0.1) is 0 Å². The lowest BCUT2D eigenvalue weighted by Crippen LogP contribution is -2.32. The normalized spacial score (nSPS) is 12.7. The van der Waals surface area contributed by atoms with Crippen LogP contribution in [-0.4, -0.2) is 31.7 Å². The van der Waals surface area contributed by atoms with E-state index in [0.717, 1.165) is 18.4 Å². The Labute approximate surface area is 162 Å². The van der Waals surface area contributed by atoms with Gasteiger partial charge in [0.1, 0.15) is 0 Å². The third kappa shape index (κ3) is 5.40. The number of hydrogen-bond acceptors (Lipinski definition) is 3. The number of carbonyl (C=O) groups excluding carboxylic acids is 1. The van der Waals surface area contributed by atoms with Crippen LogP contribution in [0.2, 0.25) is 0 Å². The van der Waals surface area contributed by atoms with E-state index in [0.29, 0.717) is 18.7 Å². The lowest BCUT2D eigenvalue weighted by molar-refractivity contribution is 0.0940. The van der Waals surface area contributed by atoms with Crippen LogP contribution in [0.25, 0.3) is 0 Å². The smallest absolute Gasteiger partial charge is 0.251 e. The lowest BCUT2D eigenvalue weighted by Gasteiger charge is -2.21. The third-order valence-electron chi connectivity index (χ3n) is 4.35. The van der Waals surface area contributed by atoms with Gasteiger partial charge in [0, 0.05) is 18.7 Å². The molecule has 0 spiro atoms. The monoisotopic (exact) mass is 388 g/mol. The van der Waals surface area contributed by atoms with Gasteiger partial charge < -0.3 is 5.32 Å². The first-order chi connectivity index (χ1) is 12.9. The van der Waals surface area contributed by atoms with Crippen LogP contribution >= 0.6 is 0 Å². The van der Waals surface area contributed by atoms with Crippen LogP contribution in [0.15, 0.2) is 59.5 Å². The first kappa shape index (κ1) is 21.1. The van der Waals surface area contributed by atoms with Gasteiger partial charge in [-0.1, -0.05) is 44.2 Å². The molecule has 0 fully saturated rings. The maximum atomic E-state index is 12.8. The van der Waals surface area contributed by atoms with Gasteiger partial charge in [-0.3, -0.25) is 4.79 Å². The summed E-state index contributed by atoms with van der Waals surface area (Å²) in [7, 11) is -3.53. The number of nitrogens with one attached hydrogen (secondary N) is 1. The highest BCUT2D eigenvalue weighted by molar-refractivity contribution is 7.89. The second-order valence-corrected chi connectivity index (χ2v) is 8.47. The van der Waals surface area contributed by atoms with Crippen molar-refractivity contribution in [2.75, 3.05) is 13.1 Å². The fraction of sp³-hybridized carbons (Fsp3) is 0.381. The van der Waals surface area contributed by atoms with Crippen molar-refractivity contribution < 1.29 is 13.2 Å². The molecule has 0 aliphatic carbocycles. The number of amides is 1. The predicted molar refractivity (Wildman–Crippen MR) is 108 cm³/mol. The average Bonchev–Trinajstić information content (AvgIpc) is 2.68. The van der Waals surface area contributed by atoms with Gasteiger partial charge in [0.2, 0.25) is 10.0 Å². The second kappa shape index (κ2) is 9.67. The molecule has 2 rings (SSSR count). The average molecular weight is 389 g/mol. The van der Waals surface area contributed by atoms with Crippen LogP contribution in [0.1, 0.15) is 55.6 Å². The number of benzene rings is 2. The van der Waals surface area contributed by atoms with Gasteiger partial charge in [0.05, 0.1) is 10.9 Å². The molecule has 27 heavy (non-hydrogen) atoms. The van der Waals surface area contributed by atoms with E-state index in [2.05, 4.69) is 5.32 Å². The standard InChI is InChI=1S/C21H28N2O3S/c1-4-15-23(16-5-2)27(25,26)20-13-11-19(12-14-20)21(24)22-17(3)18-9-7-6-8-10-18/h6-14,17H,4-5,15-16H2,1-3H3,(H,22,24). The Bertz CT molecular complexity index is 827. The van der Waals surface area contributed by atoms with Crippen LogP contribution in [0.3, 0.4) is 0 Å². The Morgan fingerprint density at radius 2 is 1.52 bits per heavy atom. The number of nitrogens with zero attached hydrogens (tertiary/aromatic N) is 1. The zero-order chi connectivity index (χ0) is 19.9. The predicted octanol–water partition coefficient (Wildman–Crippen LogP) is 3.99. The molecule has 0 bridgehead atoms. The van der Waals surface area contributed by atoms with Crippen LogP contribution in [-0.2, 0) is 10.0 Å². The molecule has 0 aliphatic heterocycles. The van der Waals surface area contributed by atoms with E-state index in [4.69, 9.17) is 0 Å². The van der Waals surface area contributed by atoms with Crippen LogP contribution in [0.4, 0.5) is 0 Å². The van der Waals surface area contributed by atoms with Crippen LogP contribution < -0.4 is 5.32 Å². The van der Waals surface area contributed by atoms with Crippen molar-refractivity contribution in [1.29, 1.82) is 0 Å². The summed E-state index contributed by atoms with van der Waals surface area (Å²) in [6.07, 6.45) is 1.52. The minimum atomic E-state index is -3.53. The number of hydrogen-bond donors (Lipinski definition) is 1. The summed E-state index contributed by atoms with van der Waals surface area (Å²) in [4.78, 5) is 12.7. The van der Waals surface area contributed by atoms with E-state index >= 15 is 0 Å². The molecule has 146 valence electrons. The van der Waals surface area contributed by atoms with Crippen molar-refractivity contribution in [3.05, 3.63) is 65.7 Å². The summed E-state index contributed by atoms with van der Waals surface area (Å²) in [6.45, 7) is 6.82. The zero-order valence-electron chi connectivity index (χ0n) is 16.2. The Balaban J connectivity index is 2.12. The highest BCUT2D eigenvalue weighted by atomic mass is 32.2. The summed E-state index contributed by atoms with van der Waals surface area (Å²) in [6, 6.07) is 15.7. The first-order valence-electron chi connectivity index (χ1n) is 9.36. The van der Waals surface area contributed by atoms with Crippen molar-refractivity contribution in [2.24, 2.45) is 0 Å².